The van der Waals surface area contributed by atoms with E-state index < -0.39 is 0 Å². The molecule has 8 heteroatoms. The molecule has 0 atom stereocenters. The summed E-state index contributed by atoms with van der Waals surface area (Å²) in [5.41, 5.74) is 1.84. The monoisotopic (exact) mass is 412 g/mol. The largest absolute Gasteiger partial charge is 0.506 e. The summed E-state index contributed by atoms with van der Waals surface area (Å²) in [4.78, 5) is 20.1. The molecule has 0 saturated heterocycles. The number of nitrogens with zero attached hydrogens (tertiary/aromatic N) is 3. The van der Waals surface area contributed by atoms with Crippen LogP contribution >= 0.6 is 15.9 Å². The van der Waals surface area contributed by atoms with Crippen LogP contribution in [0.15, 0.2) is 57.1 Å². The molecule has 0 spiro atoms. The summed E-state index contributed by atoms with van der Waals surface area (Å²) in [6.07, 6.45) is 2.75. The topological polar surface area (TPSA) is 92.5 Å². The first-order valence-corrected chi connectivity index (χ1v) is 8.46. The molecule has 130 valence electrons. The Hall–Kier alpha value is -3.13. The first kappa shape index (κ1) is 16.3. The van der Waals surface area contributed by atoms with Gasteiger partial charge in [0.15, 0.2) is 0 Å². The van der Waals surface area contributed by atoms with Crippen LogP contribution in [0.4, 0.5) is 0 Å². The predicted octanol–water partition coefficient (Wildman–Crippen LogP) is 3.24. The maximum Gasteiger partial charge on any atom is 0.298 e. The second kappa shape index (κ2) is 6.30. The molecule has 2 aromatic carbocycles. The number of rotatable bonds is 3. The number of nitrogens with one attached hydrogen (secondary N) is 1. The number of ether oxygens (including phenoxy) is 1. The van der Waals surface area contributed by atoms with E-state index in [1.54, 1.807) is 25.3 Å². The minimum absolute atomic E-state index is 0.0519. The second-order valence-electron chi connectivity index (χ2n) is 5.58. The van der Waals surface area contributed by atoms with Crippen molar-refractivity contribution in [3.05, 3.63) is 63.1 Å². The summed E-state index contributed by atoms with van der Waals surface area (Å²) in [5, 5.41) is 14.9. The molecule has 2 heterocycles. The maximum atomic E-state index is 12.7. The van der Waals surface area contributed by atoms with Gasteiger partial charge in [-0.2, -0.15) is 9.78 Å². The molecule has 0 unspecified atom stereocenters. The van der Waals surface area contributed by atoms with Gasteiger partial charge in [-0.15, -0.1) is 0 Å². The standard InChI is InChI=1S/C18H13BrN4O3/c1-26-11-5-6-14-12(7-11)15-16(22-14)18(25)23(9-20-15)21-8-10-3-2-4-13(19)17(10)24/h2-9,22,24H,1H3/b21-8-. The molecular formula is C18H13BrN4O3. The van der Waals surface area contributed by atoms with Gasteiger partial charge in [0.05, 0.1) is 17.8 Å². The number of fused-ring (bicyclic) bond motifs is 3. The Morgan fingerprint density at radius 3 is 3.00 bits per heavy atom. The SMILES string of the molecule is COc1ccc2[nH]c3c(=O)n(/N=C\c4cccc(Br)c4O)cnc3c2c1. The van der Waals surface area contributed by atoms with Crippen LogP contribution in [0.1, 0.15) is 5.56 Å². The molecule has 0 saturated carbocycles. The summed E-state index contributed by atoms with van der Waals surface area (Å²) in [7, 11) is 1.59. The lowest BCUT2D eigenvalue weighted by molar-refractivity contribution is 0.415. The van der Waals surface area contributed by atoms with Crippen LogP contribution in [-0.2, 0) is 0 Å². The Morgan fingerprint density at radius 2 is 2.19 bits per heavy atom. The highest BCUT2D eigenvalue weighted by Crippen LogP contribution is 2.27. The fourth-order valence-corrected chi connectivity index (χ4v) is 3.08. The molecular weight excluding hydrogens is 400 g/mol. The number of aromatic nitrogens is 3. The van der Waals surface area contributed by atoms with Crippen LogP contribution in [0.5, 0.6) is 11.5 Å². The van der Waals surface area contributed by atoms with Crippen LogP contribution < -0.4 is 10.3 Å². The Morgan fingerprint density at radius 1 is 1.35 bits per heavy atom. The average molecular weight is 413 g/mol. The second-order valence-corrected chi connectivity index (χ2v) is 6.43. The number of aromatic amines is 1. The van der Waals surface area contributed by atoms with Crippen molar-refractivity contribution < 1.29 is 9.84 Å². The van der Waals surface area contributed by atoms with Gasteiger partial charge in [0.2, 0.25) is 0 Å². The van der Waals surface area contributed by atoms with E-state index in [1.807, 2.05) is 18.2 Å². The first-order valence-electron chi connectivity index (χ1n) is 7.67. The van der Waals surface area contributed by atoms with Crippen LogP contribution in [0.3, 0.4) is 0 Å². The Labute approximate surface area is 155 Å². The Balaban J connectivity index is 1.83. The molecule has 2 aromatic heterocycles. The van der Waals surface area contributed by atoms with E-state index in [0.717, 1.165) is 15.6 Å². The van der Waals surface area contributed by atoms with E-state index in [-0.39, 0.29) is 11.3 Å². The van der Waals surface area contributed by atoms with Gasteiger partial charge in [-0.3, -0.25) is 4.79 Å². The molecule has 0 aliphatic heterocycles. The predicted molar refractivity (Wildman–Crippen MR) is 103 cm³/mol. The quantitative estimate of drug-likeness (QED) is 0.505. The zero-order valence-corrected chi connectivity index (χ0v) is 15.2. The molecule has 2 N–H and O–H groups in total. The summed E-state index contributed by atoms with van der Waals surface area (Å²) < 4.78 is 6.90. The number of hydrogen-bond acceptors (Lipinski definition) is 5. The number of methoxy groups -OCH3 is 1. The highest BCUT2D eigenvalue weighted by molar-refractivity contribution is 9.10. The van der Waals surface area contributed by atoms with Gasteiger partial charge in [-0.05, 0) is 46.3 Å². The summed E-state index contributed by atoms with van der Waals surface area (Å²) >= 11 is 3.24. The molecule has 0 amide bonds. The summed E-state index contributed by atoms with van der Waals surface area (Å²) in [6.45, 7) is 0. The van der Waals surface area contributed by atoms with Crippen molar-refractivity contribution >= 4 is 44.1 Å². The van der Waals surface area contributed by atoms with Crippen molar-refractivity contribution in [1.82, 2.24) is 14.6 Å². The lowest BCUT2D eigenvalue weighted by Gasteiger charge is -2.01. The summed E-state index contributed by atoms with van der Waals surface area (Å²) in [5.74, 6) is 0.739. The molecule has 0 radical (unpaired) electrons. The molecule has 7 nitrogen and oxygen atoms in total. The van der Waals surface area contributed by atoms with Crippen molar-refractivity contribution in [2.24, 2.45) is 5.10 Å². The van der Waals surface area contributed by atoms with Crippen molar-refractivity contribution in [1.29, 1.82) is 0 Å². The molecule has 0 fully saturated rings. The zero-order chi connectivity index (χ0) is 18.3. The van der Waals surface area contributed by atoms with Gasteiger partial charge in [0.25, 0.3) is 5.56 Å². The van der Waals surface area contributed by atoms with E-state index >= 15 is 0 Å². The van der Waals surface area contributed by atoms with Crippen LogP contribution in [0.2, 0.25) is 0 Å². The van der Waals surface area contributed by atoms with Gasteiger partial charge in [-0.25, -0.2) is 4.98 Å². The van der Waals surface area contributed by atoms with Crippen LogP contribution in [-0.4, -0.2) is 33.1 Å². The number of phenolic OH excluding ortho intramolecular Hbond substituents is 1. The number of H-pyrrole nitrogens is 1. The van der Waals surface area contributed by atoms with E-state index in [2.05, 4.69) is 31.0 Å². The number of benzene rings is 2. The lowest BCUT2D eigenvalue weighted by Crippen LogP contribution is -2.17. The fourth-order valence-electron chi connectivity index (χ4n) is 2.69. The molecule has 0 aliphatic carbocycles. The van der Waals surface area contributed by atoms with Gasteiger partial charge >= 0.3 is 0 Å². The average Bonchev–Trinajstić information content (AvgIpc) is 3.03. The molecule has 0 aliphatic rings. The third-order valence-corrected chi connectivity index (χ3v) is 4.68. The zero-order valence-electron chi connectivity index (χ0n) is 13.6. The minimum atomic E-state index is -0.337. The molecule has 26 heavy (non-hydrogen) atoms. The van der Waals surface area contributed by atoms with Gasteiger partial charge in [-0.1, -0.05) is 6.07 Å². The minimum Gasteiger partial charge on any atom is -0.506 e. The van der Waals surface area contributed by atoms with Crippen molar-refractivity contribution in [2.45, 2.75) is 0 Å². The highest BCUT2D eigenvalue weighted by atomic mass is 79.9. The smallest absolute Gasteiger partial charge is 0.298 e. The van der Waals surface area contributed by atoms with Crippen molar-refractivity contribution in [3.8, 4) is 11.5 Å². The van der Waals surface area contributed by atoms with Crippen LogP contribution in [0.25, 0.3) is 21.9 Å². The van der Waals surface area contributed by atoms with Crippen molar-refractivity contribution in [2.75, 3.05) is 7.11 Å². The third kappa shape index (κ3) is 2.64. The number of halogens is 1. The van der Waals surface area contributed by atoms with Crippen molar-refractivity contribution in [3.63, 3.8) is 0 Å². The van der Waals surface area contributed by atoms with E-state index in [4.69, 9.17) is 4.74 Å². The van der Waals surface area contributed by atoms with Gasteiger partial charge in [0.1, 0.15) is 28.9 Å². The first-order chi connectivity index (χ1) is 12.6. The number of aromatic hydroxyl groups is 1. The molecule has 4 aromatic rings. The van der Waals surface area contributed by atoms with Gasteiger partial charge < -0.3 is 14.8 Å². The summed E-state index contributed by atoms with van der Waals surface area (Å²) in [6, 6.07) is 10.6. The van der Waals surface area contributed by atoms with Crippen LogP contribution in [0, 0.1) is 0 Å². The highest BCUT2D eigenvalue weighted by Gasteiger charge is 2.11. The van der Waals surface area contributed by atoms with E-state index in [1.165, 1.54) is 12.5 Å². The normalized spacial score (nSPS) is 11.6. The number of para-hydroxylation sites is 1. The van der Waals surface area contributed by atoms with Gasteiger partial charge in [0, 0.05) is 16.5 Å². The number of phenols is 1. The molecule has 4 rings (SSSR count). The Bertz CT molecular complexity index is 1230. The maximum absolute atomic E-state index is 12.7. The van der Waals surface area contributed by atoms with E-state index in [0.29, 0.717) is 26.8 Å². The lowest BCUT2D eigenvalue weighted by atomic mass is 10.2. The molecule has 0 bridgehead atoms. The number of hydrogen-bond donors (Lipinski definition) is 2. The Kier molecular flexibility index (Phi) is 3.96. The van der Waals surface area contributed by atoms with E-state index in [9.17, 15) is 9.90 Å². The third-order valence-electron chi connectivity index (χ3n) is 4.04. The fraction of sp³-hybridized carbons (Fsp3) is 0.0556.